The fourth-order valence-electron chi connectivity index (χ4n) is 9.17. The van der Waals surface area contributed by atoms with Crippen LogP contribution in [0.25, 0.3) is 0 Å². The molecule has 1 aromatic carbocycles. The Hall–Kier alpha value is -3.41. The van der Waals surface area contributed by atoms with Crippen molar-refractivity contribution in [2.45, 2.75) is 147 Å². The second-order valence-electron chi connectivity index (χ2n) is 18.1. The summed E-state index contributed by atoms with van der Waals surface area (Å²) in [5.41, 5.74) is -0.596. The van der Waals surface area contributed by atoms with Crippen molar-refractivity contribution in [3.05, 3.63) is 29.8 Å². The highest BCUT2D eigenvalue weighted by Crippen LogP contribution is 2.52. The second-order valence-corrected chi connectivity index (χ2v) is 19.8. The Bertz CT molecular complexity index is 1790. The zero-order chi connectivity index (χ0) is 46.4. The fourth-order valence-corrected chi connectivity index (χ4v) is 10.2. The topological polar surface area (TPSA) is 160 Å². The van der Waals surface area contributed by atoms with Gasteiger partial charge in [-0.25, -0.2) is 13.1 Å². The first kappa shape index (κ1) is 51.9. The molecule has 17 heteroatoms. The zero-order valence-corrected chi connectivity index (χ0v) is 38.8. The Balaban J connectivity index is 1.76. The molecular weight excluding hydrogens is 818 g/mol. The van der Waals surface area contributed by atoms with E-state index in [1.165, 1.54) is 45.4 Å². The van der Waals surface area contributed by atoms with Gasteiger partial charge in [-0.1, -0.05) is 67.0 Å². The van der Waals surface area contributed by atoms with Crippen LogP contribution in [-0.4, -0.2) is 131 Å². The molecule has 0 spiro atoms. The van der Waals surface area contributed by atoms with Crippen LogP contribution < -0.4 is 4.72 Å². The third-order valence-corrected chi connectivity index (χ3v) is 14.4. The van der Waals surface area contributed by atoms with Crippen LogP contribution >= 0.6 is 0 Å². The molecule has 3 rings (SSSR count). The Morgan fingerprint density at radius 2 is 1.51 bits per heavy atom. The number of amides is 3. The molecule has 1 heterocycles. The van der Waals surface area contributed by atoms with E-state index in [0.717, 1.165) is 0 Å². The van der Waals surface area contributed by atoms with Crippen LogP contribution in [0.15, 0.2) is 29.2 Å². The molecule has 8 atom stereocenters. The highest BCUT2D eigenvalue weighted by molar-refractivity contribution is 7.90. The molecule has 346 valence electrons. The summed E-state index contributed by atoms with van der Waals surface area (Å²) in [6.07, 6.45) is -4.85. The molecule has 0 bridgehead atoms. The van der Waals surface area contributed by atoms with E-state index in [-0.39, 0.29) is 59.1 Å². The largest absolute Gasteiger partial charge is 0.450 e. The summed E-state index contributed by atoms with van der Waals surface area (Å²) in [4.78, 5) is 72.2. The minimum absolute atomic E-state index is 0.00616. The maximum absolute atomic E-state index is 14.3. The molecule has 2 fully saturated rings. The molecule has 2 aliphatic rings. The number of methoxy groups -OCH3 is 2. The van der Waals surface area contributed by atoms with Gasteiger partial charge in [0.25, 0.3) is 10.0 Å². The van der Waals surface area contributed by atoms with Gasteiger partial charge in [-0.15, -0.1) is 0 Å². The van der Waals surface area contributed by atoms with Crippen molar-refractivity contribution in [3.63, 3.8) is 0 Å². The number of Topliss-reactive ketones (excluding diaryl/α,β-unsaturated/α-hetero) is 2. The molecular formula is C44H69F3N4O9S. The number of halogens is 3. The third kappa shape index (κ3) is 12.6. The highest BCUT2D eigenvalue weighted by Gasteiger charge is 2.51. The third-order valence-electron chi connectivity index (χ3n) is 13.0. The number of nitrogens with zero attached hydrogens (tertiary/aromatic N) is 3. The number of alkyl halides is 3. The van der Waals surface area contributed by atoms with Crippen LogP contribution in [0.5, 0.6) is 0 Å². The minimum Gasteiger partial charge on any atom is -0.379 e. The Kier molecular flexibility index (Phi) is 18.1. The number of hydrogen-bond donors (Lipinski definition) is 1. The van der Waals surface area contributed by atoms with E-state index in [2.05, 4.69) is 4.72 Å². The van der Waals surface area contributed by atoms with Gasteiger partial charge in [-0.05, 0) is 75.2 Å². The van der Waals surface area contributed by atoms with Crippen LogP contribution in [0.3, 0.4) is 0 Å². The lowest BCUT2D eigenvalue weighted by atomic mass is 9.83. The molecule has 1 N–H and O–H groups in total. The first-order valence-corrected chi connectivity index (χ1v) is 22.8. The number of ketones is 2. The summed E-state index contributed by atoms with van der Waals surface area (Å²) >= 11 is 0. The normalized spacial score (nSPS) is 20.2. The Labute approximate surface area is 360 Å². The quantitative estimate of drug-likeness (QED) is 0.143. The molecule has 0 radical (unpaired) electrons. The molecule has 1 aliphatic heterocycles. The van der Waals surface area contributed by atoms with Crippen LogP contribution in [0.1, 0.15) is 105 Å². The average Bonchev–Trinajstić information content (AvgIpc) is 3.80. The van der Waals surface area contributed by atoms with Crippen molar-refractivity contribution in [1.82, 2.24) is 19.4 Å². The van der Waals surface area contributed by atoms with Gasteiger partial charge in [0.2, 0.25) is 23.5 Å². The molecule has 61 heavy (non-hydrogen) atoms. The average molecular weight is 887 g/mol. The smallest absolute Gasteiger partial charge is 0.379 e. The van der Waals surface area contributed by atoms with E-state index in [0.29, 0.717) is 44.2 Å². The first-order chi connectivity index (χ1) is 28.3. The van der Waals surface area contributed by atoms with Gasteiger partial charge >= 0.3 is 6.18 Å². The first-order valence-electron chi connectivity index (χ1n) is 21.4. The number of benzene rings is 1. The number of likely N-dealkylation sites (tertiary alicyclic amines) is 1. The van der Waals surface area contributed by atoms with Gasteiger partial charge in [0.1, 0.15) is 0 Å². The van der Waals surface area contributed by atoms with Gasteiger partial charge in [-0.2, -0.15) is 13.2 Å². The van der Waals surface area contributed by atoms with E-state index < -0.39 is 75.9 Å². The molecule has 13 nitrogen and oxygen atoms in total. The maximum Gasteiger partial charge on any atom is 0.450 e. The maximum atomic E-state index is 14.3. The van der Waals surface area contributed by atoms with E-state index in [4.69, 9.17) is 9.47 Å². The number of likely N-dealkylation sites (N-methyl/N-ethyl adjacent to an activating group) is 2. The van der Waals surface area contributed by atoms with Crippen molar-refractivity contribution in [2.75, 3.05) is 41.9 Å². The Morgan fingerprint density at radius 3 is 1.97 bits per heavy atom. The molecule has 1 aromatic rings. The molecule has 1 aliphatic carbocycles. The number of ether oxygens (including phenoxy) is 2. The van der Waals surface area contributed by atoms with Crippen molar-refractivity contribution < 1.29 is 55.0 Å². The summed E-state index contributed by atoms with van der Waals surface area (Å²) in [6, 6.07) is 3.67. The summed E-state index contributed by atoms with van der Waals surface area (Å²) in [5.74, 6) is -4.99. The van der Waals surface area contributed by atoms with E-state index in [1.54, 1.807) is 16.8 Å². The number of nitrogens with one attached hydrogen (secondary N) is 1. The Morgan fingerprint density at radius 1 is 0.918 bits per heavy atom. The van der Waals surface area contributed by atoms with Gasteiger partial charge in [-0.3, -0.25) is 28.9 Å². The predicted octanol–water partition coefficient (Wildman–Crippen LogP) is 5.78. The van der Waals surface area contributed by atoms with E-state index in [9.17, 15) is 45.6 Å². The molecule has 1 saturated heterocycles. The van der Waals surface area contributed by atoms with Crippen LogP contribution in [0.4, 0.5) is 13.2 Å². The van der Waals surface area contributed by atoms with Gasteiger partial charge in [0.05, 0.1) is 47.6 Å². The van der Waals surface area contributed by atoms with Gasteiger partial charge in [0, 0.05) is 52.0 Å². The predicted molar refractivity (Wildman–Crippen MR) is 225 cm³/mol. The molecule has 1 saturated carbocycles. The van der Waals surface area contributed by atoms with Crippen molar-refractivity contribution in [3.8, 4) is 0 Å². The standard InChI is InChI=1S/C44H69F3N4O9S/c1-13-28(6)39(50(10)42(56)32(26(2)3)23-34(52)38(27(4)5)49(8)9)35(59-11)24-37(54)51-22-14-15-33(51)40(60-12)29(7)41(55)48-61(57,58)31-18-16-30(17-19-31)43(20-21-43)25-36(53)44(45,46)47/h16-19,26-29,32-33,35,38-40H,13-15,20-25H2,1-12H3,(H,48,55)/t28-,29+,32-,33-,35+,38-,39-,40+/m0/s1. The number of sulfonamides is 1. The number of carbonyl (C=O) groups is 5. The fraction of sp³-hybridized carbons (Fsp3) is 0.750. The van der Waals surface area contributed by atoms with Crippen molar-refractivity contribution >= 4 is 39.3 Å². The lowest BCUT2D eigenvalue weighted by Crippen LogP contribution is -2.54. The van der Waals surface area contributed by atoms with Crippen LogP contribution in [-0.2, 0) is 48.9 Å². The van der Waals surface area contributed by atoms with E-state index >= 15 is 0 Å². The molecule has 3 amide bonds. The number of carbonyl (C=O) groups excluding carboxylic acids is 5. The monoisotopic (exact) mass is 886 g/mol. The summed E-state index contributed by atoms with van der Waals surface area (Å²) < 4.78 is 79.4. The molecule has 0 aromatic heterocycles. The van der Waals surface area contributed by atoms with Crippen molar-refractivity contribution in [1.29, 1.82) is 0 Å². The van der Waals surface area contributed by atoms with Gasteiger partial charge < -0.3 is 19.3 Å². The summed E-state index contributed by atoms with van der Waals surface area (Å²) in [5, 5.41) is 0. The zero-order valence-electron chi connectivity index (χ0n) is 38.0. The SMILES string of the molecule is CC[C@H](C)[C@@H]([C@@H](CC(=O)N1CCC[C@H]1[C@H](OC)[C@@H](C)C(=O)NS(=O)(=O)c1ccc(C2(CC(=O)C(F)(F)F)CC2)cc1)OC)N(C)C(=O)[C@@H](CC(=O)[C@H](C(C)C)N(C)C)C(C)C. The van der Waals surface area contributed by atoms with Crippen molar-refractivity contribution in [2.24, 2.45) is 29.6 Å². The number of hydrogen-bond acceptors (Lipinski definition) is 10. The highest BCUT2D eigenvalue weighted by atomic mass is 32.2. The van der Waals surface area contributed by atoms with Crippen LogP contribution in [0.2, 0.25) is 0 Å². The second kappa shape index (κ2) is 21.3. The van der Waals surface area contributed by atoms with E-state index in [1.807, 2.05) is 60.5 Å². The van der Waals surface area contributed by atoms with Crippen LogP contribution in [0, 0.1) is 29.6 Å². The lowest BCUT2D eigenvalue weighted by molar-refractivity contribution is -0.171. The summed E-state index contributed by atoms with van der Waals surface area (Å²) in [7, 11) is 3.87. The number of rotatable bonds is 23. The minimum atomic E-state index is -4.96. The van der Waals surface area contributed by atoms with Gasteiger partial charge in [0.15, 0.2) is 5.78 Å². The lowest BCUT2D eigenvalue weighted by Gasteiger charge is -2.41. The molecule has 0 unspecified atom stereocenters. The summed E-state index contributed by atoms with van der Waals surface area (Å²) in [6.45, 7) is 13.7.